The number of halogens is 1. The molecule has 1 nitrogen and oxygen atoms in total. The first-order valence-corrected chi connectivity index (χ1v) is 3.12. The molecule has 0 atom stereocenters. The monoisotopic (exact) mass is 139 g/mol. The summed E-state index contributed by atoms with van der Waals surface area (Å²) < 4.78 is 0. The Labute approximate surface area is 59.3 Å². The Hall–Kier alpha value is 0.250. The molecule has 1 N–H and O–H groups in total. The maximum Gasteiger partial charge on any atom is -0.00775 e. The van der Waals surface area contributed by atoms with E-state index >= 15 is 0 Å². The number of hydrogen-bond donors (Lipinski definition) is 1. The van der Waals surface area contributed by atoms with Crippen LogP contribution in [0.3, 0.4) is 0 Å². The summed E-state index contributed by atoms with van der Waals surface area (Å²) in [5, 5.41) is 3.11. The molecule has 8 heavy (non-hydrogen) atoms. The summed E-state index contributed by atoms with van der Waals surface area (Å²) in [6.07, 6.45) is 0. The molecule has 0 amide bonds. The lowest BCUT2D eigenvalue weighted by molar-refractivity contribution is 0.762. The Balaban J connectivity index is -0.0000000750. The van der Waals surface area contributed by atoms with Gasteiger partial charge in [0.1, 0.15) is 0 Å². The highest BCUT2D eigenvalue weighted by Crippen LogP contribution is 1.47. The summed E-state index contributed by atoms with van der Waals surface area (Å²) in [6.45, 7) is 10.4. The van der Waals surface area contributed by atoms with Crippen LogP contribution >= 0.6 is 12.4 Å². The predicted octanol–water partition coefficient (Wildman–Crippen LogP) is 2.06. The largest absolute Gasteiger partial charge is 0.317 e. The second-order valence-electron chi connectivity index (χ2n) is 0.957. The van der Waals surface area contributed by atoms with Gasteiger partial charge in [-0.25, -0.2) is 0 Å². The Bertz CT molecular complexity index is 16.0. The van der Waals surface area contributed by atoms with E-state index in [1.165, 1.54) is 0 Å². The number of hydrogen-bond acceptors (Lipinski definition) is 1. The van der Waals surface area contributed by atoms with Gasteiger partial charge in [0.15, 0.2) is 0 Å². The summed E-state index contributed by atoms with van der Waals surface area (Å²) in [5.74, 6) is 0. The van der Waals surface area contributed by atoms with Crippen molar-refractivity contribution in [3.05, 3.63) is 0 Å². The standard InChI is InChI=1S/C4H11N.C2H6.ClH/c1-3-5-4-2;1-2;/h5H,3-4H2,1-2H3;1-2H3;1H. The van der Waals surface area contributed by atoms with Crippen molar-refractivity contribution in [1.82, 2.24) is 5.32 Å². The molecular formula is C6H18ClN. The Morgan fingerprint density at radius 1 is 1.00 bits per heavy atom. The van der Waals surface area contributed by atoms with Crippen molar-refractivity contribution in [2.24, 2.45) is 0 Å². The Morgan fingerprint density at radius 2 is 1.25 bits per heavy atom. The first-order chi connectivity index (χ1) is 3.41. The molecule has 0 aromatic rings. The van der Waals surface area contributed by atoms with E-state index in [0.29, 0.717) is 0 Å². The average Bonchev–Trinajstić information content (AvgIpc) is 1.75. The SMILES string of the molecule is CC.CCNCC.Cl. The van der Waals surface area contributed by atoms with E-state index in [1.54, 1.807) is 0 Å². The quantitative estimate of drug-likeness (QED) is 0.618. The summed E-state index contributed by atoms with van der Waals surface area (Å²) in [4.78, 5) is 0. The molecule has 0 rings (SSSR count). The molecule has 0 aromatic heterocycles. The minimum atomic E-state index is 0. The molecule has 0 saturated carbocycles. The van der Waals surface area contributed by atoms with Crippen LogP contribution in [0.25, 0.3) is 0 Å². The fraction of sp³-hybridized carbons (Fsp3) is 1.00. The lowest BCUT2D eigenvalue weighted by Crippen LogP contribution is -2.09. The zero-order valence-electron chi connectivity index (χ0n) is 6.32. The maximum atomic E-state index is 3.11. The topological polar surface area (TPSA) is 12.0 Å². The average molecular weight is 140 g/mol. The third-order valence-electron chi connectivity index (χ3n) is 0.500. The number of rotatable bonds is 2. The van der Waals surface area contributed by atoms with E-state index in [-0.39, 0.29) is 12.4 Å². The van der Waals surface area contributed by atoms with Crippen LogP contribution in [0.5, 0.6) is 0 Å². The van der Waals surface area contributed by atoms with Crippen LogP contribution in [0.4, 0.5) is 0 Å². The second-order valence-corrected chi connectivity index (χ2v) is 0.957. The Kier molecular flexibility index (Phi) is 52.7. The van der Waals surface area contributed by atoms with Gasteiger partial charge in [-0.1, -0.05) is 27.7 Å². The summed E-state index contributed by atoms with van der Waals surface area (Å²) >= 11 is 0. The molecule has 0 radical (unpaired) electrons. The van der Waals surface area contributed by atoms with E-state index in [0.717, 1.165) is 13.1 Å². The van der Waals surface area contributed by atoms with Gasteiger partial charge in [0, 0.05) is 0 Å². The van der Waals surface area contributed by atoms with E-state index in [9.17, 15) is 0 Å². The molecule has 54 valence electrons. The molecular weight excluding hydrogens is 122 g/mol. The van der Waals surface area contributed by atoms with Crippen LogP contribution < -0.4 is 5.32 Å². The van der Waals surface area contributed by atoms with Crippen LogP contribution in [0.15, 0.2) is 0 Å². The van der Waals surface area contributed by atoms with Crippen molar-refractivity contribution < 1.29 is 0 Å². The van der Waals surface area contributed by atoms with E-state index in [2.05, 4.69) is 19.2 Å². The van der Waals surface area contributed by atoms with Crippen LogP contribution in [-0.4, -0.2) is 13.1 Å². The second kappa shape index (κ2) is 26.8. The molecule has 0 aliphatic carbocycles. The fourth-order valence-corrected chi connectivity index (χ4v) is 0.250. The summed E-state index contributed by atoms with van der Waals surface area (Å²) in [7, 11) is 0. The van der Waals surface area contributed by atoms with Crippen LogP contribution in [0.1, 0.15) is 27.7 Å². The van der Waals surface area contributed by atoms with Crippen molar-refractivity contribution in [2.75, 3.05) is 13.1 Å². The zero-order valence-corrected chi connectivity index (χ0v) is 7.14. The van der Waals surface area contributed by atoms with E-state index in [4.69, 9.17) is 0 Å². The van der Waals surface area contributed by atoms with Gasteiger partial charge >= 0.3 is 0 Å². The molecule has 0 spiro atoms. The molecule has 0 unspecified atom stereocenters. The number of nitrogens with one attached hydrogen (secondary N) is 1. The fourth-order valence-electron chi connectivity index (χ4n) is 0.250. The third-order valence-corrected chi connectivity index (χ3v) is 0.500. The van der Waals surface area contributed by atoms with Gasteiger partial charge in [0.25, 0.3) is 0 Å². The molecule has 0 bridgehead atoms. The van der Waals surface area contributed by atoms with Gasteiger partial charge in [0.05, 0.1) is 0 Å². The van der Waals surface area contributed by atoms with Crippen molar-refractivity contribution in [1.29, 1.82) is 0 Å². The highest BCUT2D eigenvalue weighted by atomic mass is 35.5. The van der Waals surface area contributed by atoms with E-state index in [1.807, 2.05) is 13.8 Å². The molecule has 0 saturated heterocycles. The van der Waals surface area contributed by atoms with Gasteiger partial charge < -0.3 is 5.32 Å². The van der Waals surface area contributed by atoms with Gasteiger partial charge in [-0.15, -0.1) is 12.4 Å². The van der Waals surface area contributed by atoms with Crippen molar-refractivity contribution in [3.63, 3.8) is 0 Å². The molecule has 2 heteroatoms. The molecule has 0 heterocycles. The maximum absolute atomic E-state index is 3.11. The lowest BCUT2D eigenvalue weighted by Gasteiger charge is -1.86. The lowest BCUT2D eigenvalue weighted by atomic mass is 10.7. The first-order valence-electron chi connectivity index (χ1n) is 3.12. The van der Waals surface area contributed by atoms with Crippen LogP contribution in [0.2, 0.25) is 0 Å². The smallest absolute Gasteiger partial charge is 0.00775 e. The van der Waals surface area contributed by atoms with Gasteiger partial charge in [-0.05, 0) is 13.1 Å². The van der Waals surface area contributed by atoms with Gasteiger partial charge in [0.2, 0.25) is 0 Å². The summed E-state index contributed by atoms with van der Waals surface area (Å²) in [5.41, 5.74) is 0. The first kappa shape index (κ1) is 15.7. The highest BCUT2D eigenvalue weighted by molar-refractivity contribution is 5.85. The highest BCUT2D eigenvalue weighted by Gasteiger charge is 1.62. The normalized spacial score (nSPS) is 6.00. The van der Waals surface area contributed by atoms with Gasteiger partial charge in [-0.2, -0.15) is 0 Å². The Morgan fingerprint density at radius 3 is 1.25 bits per heavy atom. The van der Waals surface area contributed by atoms with Crippen LogP contribution in [0, 0.1) is 0 Å². The zero-order chi connectivity index (χ0) is 6.12. The molecule has 0 aliphatic heterocycles. The third kappa shape index (κ3) is 34.0. The van der Waals surface area contributed by atoms with Crippen molar-refractivity contribution >= 4 is 12.4 Å². The van der Waals surface area contributed by atoms with Crippen molar-refractivity contribution in [2.45, 2.75) is 27.7 Å². The molecule has 0 fully saturated rings. The van der Waals surface area contributed by atoms with Crippen molar-refractivity contribution in [3.8, 4) is 0 Å². The van der Waals surface area contributed by atoms with Crippen LogP contribution in [-0.2, 0) is 0 Å². The van der Waals surface area contributed by atoms with E-state index < -0.39 is 0 Å². The van der Waals surface area contributed by atoms with Gasteiger partial charge in [-0.3, -0.25) is 0 Å². The minimum Gasteiger partial charge on any atom is -0.317 e. The summed E-state index contributed by atoms with van der Waals surface area (Å²) in [6, 6.07) is 0. The molecule has 0 aliphatic rings. The molecule has 0 aromatic carbocycles. The minimum absolute atomic E-state index is 0. The predicted molar refractivity (Wildman–Crippen MR) is 42.8 cm³/mol.